The van der Waals surface area contributed by atoms with E-state index >= 15 is 0 Å². The summed E-state index contributed by atoms with van der Waals surface area (Å²) >= 11 is 3.24. The summed E-state index contributed by atoms with van der Waals surface area (Å²) in [4.78, 5) is 24.6. The monoisotopic (exact) mass is 397 g/mol. The van der Waals surface area contributed by atoms with Crippen molar-refractivity contribution in [1.82, 2.24) is 5.01 Å². The molecule has 0 heterocycles. The van der Waals surface area contributed by atoms with Gasteiger partial charge in [-0.05, 0) is 40.4 Å². The molecule has 2 rings (SSSR count). The molecule has 1 aromatic rings. The number of rotatable bonds is 5. The molecular weight excluding hydrogens is 374 g/mol. The van der Waals surface area contributed by atoms with Crippen LogP contribution in [0.4, 0.5) is 0 Å². The maximum absolute atomic E-state index is 12.3. The molecule has 2 amide bonds. The number of hydrogen-bond acceptors (Lipinski definition) is 5. The molecule has 6 nitrogen and oxygen atoms in total. The number of benzene rings is 1. The zero-order valence-electron chi connectivity index (χ0n) is 13.5. The number of amides is 2. The van der Waals surface area contributed by atoms with Gasteiger partial charge < -0.3 is 10.8 Å². The van der Waals surface area contributed by atoms with Crippen LogP contribution in [0.25, 0.3) is 0 Å². The third-order valence-electron chi connectivity index (χ3n) is 4.55. The summed E-state index contributed by atoms with van der Waals surface area (Å²) in [5.74, 6) is 4.49. The van der Waals surface area contributed by atoms with E-state index in [0.717, 1.165) is 25.7 Å². The first-order valence-electron chi connectivity index (χ1n) is 8.23. The largest absolute Gasteiger partial charge is 0.382 e. The maximum Gasteiger partial charge on any atom is 0.276 e. The summed E-state index contributed by atoms with van der Waals surface area (Å²) in [7, 11) is 0. The molecule has 0 aliphatic heterocycles. The zero-order chi connectivity index (χ0) is 17.7. The molecule has 5 N–H and O–H groups in total. The number of nitrogens with two attached hydrogens (primary N) is 2. The van der Waals surface area contributed by atoms with Crippen LogP contribution in [0.15, 0.2) is 28.7 Å². The van der Waals surface area contributed by atoms with Crippen LogP contribution in [-0.2, 0) is 4.79 Å². The van der Waals surface area contributed by atoms with Crippen LogP contribution in [-0.4, -0.2) is 34.1 Å². The van der Waals surface area contributed by atoms with Crippen molar-refractivity contribution in [2.45, 2.75) is 50.7 Å². The van der Waals surface area contributed by atoms with E-state index in [0.29, 0.717) is 21.8 Å². The molecule has 24 heavy (non-hydrogen) atoms. The van der Waals surface area contributed by atoms with E-state index in [2.05, 4.69) is 15.9 Å². The average molecular weight is 398 g/mol. The van der Waals surface area contributed by atoms with Crippen molar-refractivity contribution in [2.24, 2.45) is 17.5 Å². The van der Waals surface area contributed by atoms with Crippen molar-refractivity contribution in [3.05, 3.63) is 34.3 Å². The summed E-state index contributed by atoms with van der Waals surface area (Å²) in [6, 6.07) is 5.92. The predicted molar refractivity (Wildman–Crippen MR) is 94.7 cm³/mol. The Hall–Kier alpha value is -1.28. The third kappa shape index (κ3) is 4.63. The Bertz CT molecular complexity index is 590. The quantitative estimate of drug-likeness (QED) is 0.399. The SMILES string of the molecule is N[C@H](CC1CCCCC1)[C@H](O)C(=O)N(N)C(=O)c1ccccc1Br. The number of halogens is 1. The molecule has 1 saturated carbocycles. The van der Waals surface area contributed by atoms with E-state index < -0.39 is 24.0 Å². The fraction of sp³-hybridized carbons (Fsp3) is 0.529. The number of imide groups is 1. The number of nitrogens with zero attached hydrogens (tertiary/aromatic N) is 1. The van der Waals surface area contributed by atoms with Gasteiger partial charge in [-0.15, -0.1) is 0 Å². The van der Waals surface area contributed by atoms with Gasteiger partial charge in [0.05, 0.1) is 5.56 Å². The summed E-state index contributed by atoms with van der Waals surface area (Å²) in [6.07, 6.45) is 4.75. The molecule has 0 bridgehead atoms. The van der Waals surface area contributed by atoms with Crippen molar-refractivity contribution in [2.75, 3.05) is 0 Å². The lowest BCUT2D eigenvalue weighted by Gasteiger charge is -2.28. The molecule has 1 fully saturated rings. The van der Waals surface area contributed by atoms with Crippen molar-refractivity contribution < 1.29 is 14.7 Å². The number of hydrogen-bond donors (Lipinski definition) is 3. The molecule has 1 aliphatic carbocycles. The van der Waals surface area contributed by atoms with Gasteiger partial charge in [0.1, 0.15) is 6.10 Å². The van der Waals surface area contributed by atoms with Crippen molar-refractivity contribution in [3.8, 4) is 0 Å². The highest BCUT2D eigenvalue weighted by atomic mass is 79.9. The second kappa shape index (κ2) is 8.71. The van der Waals surface area contributed by atoms with Gasteiger partial charge in [0.15, 0.2) is 0 Å². The first-order chi connectivity index (χ1) is 11.4. The fourth-order valence-electron chi connectivity index (χ4n) is 3.13. The van der Waals surface area contributed by atoms with Gasteiger partial charge >= 0.3 is 0 Å². The van der Waals surface area contributed by atoms with Crippen molar-refractivity contribution in [1.29, 1.82) is 0 Å². The topological polar surface area (TPSA) is 110 Å². The second-order valence-corrected chi connectivity index (χ2v) is 7.20. The van der Waals surface area contributed by atoms with E-state index in [1.807, 2.05) is 0 Å². The van der Waals surface area contributed by atoms with E-state index in [1.165, 1.54) is 6.42 Å². The van der Waals surface area contributed by atoms with Gasteiger partial charge in [0.25, 0.3) is 11.8 Å². The normalized spacial score (nSPS) is 18.0. The Balaban J connectivity index is 1.98. The average Bonchev–Trinajstić information content (AvgIpc) is 2.60. The Morgan fingerprint density at radius 1 is 1.25 bits per heavy atom. The minimum Gasteiger partial charge on any atom is -0.382 e. The molecule has 0 spiro atoms. The number of aliphatic hydroxyl groups is 1. The number of aliphatic hydroxyl groups excluding tert-OH is 1. The highest BCUT2D eigenvalue weighted by Gasteiger charge is 2.32. The highest BCUT2D eigenvalue weighted by molar-refractivity contribution is 9.10. The van der Waals surface area contributed by atoms with Gasteiger partial charge in [-0.25, -0.2) is 10.9 Å². The lowest BCUT2D eigenvalue weighted by molar-refractivity contribution is -0.139. The van der Waals surface area contributed by atoms with Gasteiger partial charge in [-0.3, -0.25) is 9.59 Å². The maximum atomic E-state index is 12.3. The summed E-state index contributed by atoms with van der Waals surface area (Å²) in [5, 5.41) is 10.6. The molecule has 0 saturated heterocycles. The molecule has 0 aromatic heterocycles. The van der Waals surface area contributed by atoms with Crippen LogP contribution >= 0.6 is 15.9 Å². The number of hydrazine groups is 1. The Morgan fingerprint density at radius 2 is 1.88 bits per heavy atom. The van der Waals surface area contributed by atoms with E-state index in [4.69, 9.17) is 11.6 Å². The molecule has 2 atom stereocenters. The molecule has 1 aromatic carbocycles. The van der Waals surface area contributed by atoms with E-state index in [-0.39, 0.29) is 5.56 Å². The minimum atomic E-state index is -1.48. The summed E-state index contributed by atoms with van der Waals surface area (Å²) in [6.45, 7) is 0. The van der Waals surface area contributed by atoms with Crippen LogP contribution in [0, 0.1) is 5.92 Å². The molecule has 7 heteroatoms. The van der Waals surface area contributed by atoms with Gasteiger partial charge in [-0.2, -0.15) is 0 Å². The number of carbonyl (C=O) groups is 2. The molecular formula is C17H24BrN3O3. The first kappa shape index (κ1) is 19.1. The van der Waals surface area contributed by atoms with Gasteiger partial charge in [0.2, 0.25) is 0 Å². The Kier molecular flexibility index (Phi) is 6.91. The first-order valence-corrected chi connectivity index (χ1v) is 9.02. The van der Waals surface area contributed by atoms with Crippen molar-refractivity contribution >= 4 is 27.7 Å². The van der Waals surface area contributed by atoms with Crippen LogP contribution < -0.4 is 11.6 Å². The Morgan fingerprint density at radius 3 is 2.50 bits per heavy atom. The molecule has 132 valence electrons. The van der Waals surface area contributed by atoms with Crippen LogP contribution in [0.1, 0.15) is 48.9 Å². The fourth-order valence-corrected chi connectivity index (χ4v) is 3.58. The zero-order valence-corrected chi connectivity index (χ0v) is 15.1. The van der Waals surface area contributed by atoms with Crippen LogP contribution in [0.5, 0.6) is 0 Å². The number of carbonyl (C=O) groups excluding carboxylic acids is 2. The second-order valence-electron chi connectivity index (χ2n) is 6.34. The predicted octanol–water partition coefficient (Wildman–Crippen LogP) is 1.95. The van der Waals surface area contributed by atoms with Gasteiger partial charge in [0, 0.05) is 10.5 Å². The summed E-state index contributed by atoms with van der Waals surface area (Å²) < 4.78 is 0.527. The summed E-state index contributed by atoms with van der Waals surface area (Å²) in [5.41, 5.74) is 6.23. The van der Waals surface area contributed by atoms with E-state index in [1.54, 1.807) is 24.3 Å². The minimum absolute atomic E-state index is 0.251. The lowest BCUT2D eigenvalue weighted by Crippen LogP contribution is -2.53. The smallest absolute Gasteiger partial charge is 0.276 e. The third-order valence-corrected chi connectivity index (χ3v) is 5.24. The van der Waals surface area contributed by atoms with E-state index in [9.17, 15) is 14.7 Å². The highest BCUT2D eigenvalue weighted by Crippen LogP contribution is 2.27. The molecule has 1 aliphatic rings. The standard InChI is InChI=1S/C17H24BrN3O3/c18-13-9-5-4-8-12(13)16(23)21(20)17(24)15(22)14(19)10-11-6-2-1-3-7-11/h4-5,8-9,11,14-15,22H,1-3,6-7,10,19-20H2/t14-,15+/m1/s1. The molecule has 0 unspecified atom stereocenters. The Labute approximate surface area is 150 Å². The van der Waals surface area contributed by atoms with Crippen LogP contribution in [0.2, 0.25) is 0 Å². The van der Waals surface area contributed by atoms with Gasteiger partial charge in [-0.1, -0.05) is 44.2 Å². The lowest BCUT2D eigenvalue weighted by atomic mass is 9.84. The van der Waals surface area contributed by atoms with Crippen LogP contribution in [0.3, 0.4) is 0 Å². The molecule has 0 radical (unpaired) electrons. The van der Waals surface area contributed by atoms with Crippen molar-refractivity contribution in [3.63, 3.8) is 0 Å².